The molecule has 1 aromatic heterocycles. The second-order valence-corrected chi connectivity index (χ2v) is 4.35. The Morgan fingerprint density at radius 1 is 1.00 bits per heavy atom. The number of halogens is 2. The minimum atomic E-state index is 0.0952. The van der Waals surface area contributed by atoms with E-state index < -0.39 is 0 Å². The predicted molar refractivity (Wildman–Crippen MR) is 60.4 cm³/mol. The van der Waals surface area contributed by atoms with Crippen molar-refractivity contribution in [1.82, 2.24) is 15.2 Å². The molecule has 0 saturated carbocycles. The molecule has 15 heavy (non-hydrogen) atoms. The molecule has 0 bridgehead atoms. The maximum absolute atomic E-state index is 5.83. The van der Waals surface area contributed by atoms with E-state index >= 15 is 0 Å². The Hall–Kier alpha value is -0.840. The highest BCUT2D eigenvalue weighted by atomic mass is 35.5. The van der Waals surface area contributed by atoms with Crippen LogP contribution in [0, 0.1) is 0 Å². The molecule has 0 unspecified atom stereocenters. The molecule has 3 nitrogen and oxygen atoms in total. The van der Waals surface area contributed by atoms with Crippen molar-refractivity contribution in [3.05, 3.63) is 40.8 Å². The molecule has 0 fully saturated rings. The molecule has 1 aromatic carbocycles. The molecule has 0 saturated heterocycles. The Kier molecular flexibility index (Phi) is 3.41. The highest BCUT2D eigenvalue weighted by Gasteiger charge is 2.07. The Bertz CT molecular complexity index is 464. The first-order chi connectivity index (χ1) is 7.25. The lowest BCUT2D eigenvalue weighted by Crippen LogP contribution is -1.91. The average Bonchev–Trinajstić information content (AvgIpc) is 2.25. The number of hydrogen-bond donors (Lipinski definition) is 0. The fourth-order valence-corrected chi connectivity index (χ4v) is 2.09. The van der Waals surface area contributed by atoms with E-state index in [1.54, 1.807) is 0 Å². The molecular weight excluding hydrogens is 253 g/mol. The third-order valence-corrected chi connectivity index (χ3v) is 3.06. The van der Waals surface area contributed by atoms with Gasteiger partial charge in [0.25, 0.3) is 0 Å². The monoisotopic (exact) mass is 257 g/mol. The summed E-state index contributed by atoms with van der Waals surface area (Å²) in [6.07, 6.45) is 0. The maximum Gasteiger partial charge on any atom is 0.244 e. The highest BCUT2D eigenvalue weighted by molar-refractivity contribution is 7.99. The van der Waals surface area contributed by atoms with Crippen molar-refractivity contribution >= 4 is 35.0 Å². The third kappa shape index (κ3) is 2.81. The predicted octanol–water partition coefficient (Wildman–Crippen LogP) is 3.33. The summed E-state index contributed by atoms with van der Waals surface area (Å²) >= 11 is 12.9. The number of benzene rings is 1. The number of nitrogens with zero attached hydrogens (tertiary/aromatic N) is 3. The van der Waals surface area contributed by atoms with Crippen molar-refractivity contribution in [3.8, 4) is 0 Å². The summed E-state index contributed by atoms with van der Waals surface area (Å²) in [7, 11) is 0. The fourth-order valence-electron chi connectivity index (χ4n) is 0.945. The number of hydrogen-bond acceptors (Lipinski definition) is 4. The van der Waals surface area contributed by atoms with Gasteiger partial charge < -0.3 is 0 Å². The molecule has 6 heteroatoms. The van der Waals surface area contributed by atoms with Crippen LogP contribution in [0.25, 0.3) is 0 Å². The topological polar surface area (TPSA) is 38.7 Å². The van der Waals surface area contributed by atoms with Crippen LogP contribution in [-0.4, -0.2) is 15.2 Å². The Morgan fingerprint density at radius 3 is 2.47 bits per heavy atom. The second kappa shape index (κ2) is 4.79. The zero-order chi connectivity index (χ0) is 10.7. The fraction of sp³-hybridized carbons (Fsp3) is 0. The van der Waals surface area contributed by atoms with Crippen molar-refractivity contribution in [2.45, 2.75) is 9.92 Å². The van der Waals surface area contributed by atoms with Crippen LogP contribution in [0.2, 0.25) is 10.4 Å². The summed E-state index contributed by atoms with van der Waals surface area (Å²) in [5, 5.41) is 8.13. The average molecular weight is 258 g/mol. The molecule has 0 atom stereocenters. The van der Waals surface area contributed by atoms with Gasteiger partial charge in [0.2, 0.25) is 5.28 Å². The van der Waals surface area contributed by atoms with Crippen molar-refractivity contribution in [1.29, 1.82) is 0 Å². The van der Waals surface area contributed by atoms with Crippen LogP contribution in [0.1, 0.15) is 0 Å². The molecule has 1 heterocycles. The van der Waals surface area contributed by atoms with Gasteiger partial charge in [-0.1, -0.05) is 41.6 Å². The van der Waals surface area contributed by atoms with Gasteiger partial charge in [0.05, 0.1) is 0 Å². The van der Waals surface area contributed by atoms with E-state index in [0.29, 0.717) is 5.03 Å². The van der Waals surface area contributed by atoms with Crippen LogP contribution >= 0.6 is 35.0 Å². The smallest absolute Gasteiger partial charge is 0.206 e. The number of rotatable bonds is 2. The second-order valence-electron chi connectivity index (χ2n) is 2.59. The largest absolute Gasteiger partial charge is 0.244 e. The van der Waals surface area contributed by atoms with Gasteiger partial charge >= 0.3 is 0 Å². The molecule has 0 amide bonds. The first kappa shape index (κ1) is 10.7. The van der Waals surface area contributed by atoms with Crippen molar-refractivity contribution < 1.29 is 0 Å². The maximum atomic E-state index is 5.83. The standard InChI is InChI=1S/C9H5Cl2N3S/c10-7-8(12-9(11)14-13-7)15-6-4-2-1-3-5-6/h1-5H. The van der Waals surface area contributed by atoms with Gasteiger partial charge in [-0.05, 0) is 23.7 Å². The van der Waals surface area contributed by atoms with Gasteiger partial charge in [-0.3, -0.25) is 0 Å². The molecule has 0 N–H and O–H groups in total. The molecule has 0 aliphatic rings. The van der Waals surface area contributed by atoms with E-state index in [1.165, 1.54) is 11.8 Å². The molecule has 0 radical (unpaired) electrons. The Balaban J connectivity index is 2.28. The van der Waals surface area contributed by atoms with Gasteiger partial charge in [0.1, 0.15) is 5.03 Å². The molecule has 0 aliphatic carbocycles. The van der Waals surface area contributed by atoms with Crippen LogP contribution in [0.5, 0.6) is 0 Å². The zero-order valence-electron chi connectivity index (χ0n) is 7.39. The Morgan fingerprint density at radius 2 is 1.73 bits per heavy atom. The summed E-state index contributed by atoms with van der Waals surface area (Å²) < 4.78 is 0. The summed E-state index contributed by atoms with van der Waals surface area (Å²) in [4.78, 5) is 5.01. The van der Waals surface area contributed by atoms with Crippen LogP contribution < -0.4 is 0 Å². The molecular formula is C9H5Cl2N3S. The van der Waals surface area contributed by atoms with E-state index in [4.69, 9.17) is 23.2 Å². The van der Waals surface area contributed by atoms with Crippen LogP contribution in [0.3, 0.4) is 0 Å². The molecule has 2 rings (SSSR count). The zero-order valence-corrected chi connectivity index (χ0v) is 9.72. The van der Waals surface area contributed by atoms with Gasteiger partial charge in [-0.25, -0.2) is 4.98 Å². The highest BCUT2D eigenvalue weighted by Crippen LogP contribution is 2.30. The lowest BCUT2D eigenvalue weighted by Gasteiger charge is -2.01. The van der Waals surface area contributed by atoms with Gasteiger partial charge in [-0.15, -0.1) is 10.2 Å². The van der Waals surface area contributed by atoms with Crippen LogP contribution in [-0.2, 0) is 0 Å². The van der Waals surface area contributed by atoms with E-state index in [1.807, 2.05) is 30.3 Å². The van der Waals surface area contributed by atoms with Gasteiger partial charge in [0, 0.05) is 4.90 Å². The first-order valence-electron chi connectivity index (χ1n) is 4.04. The minimum Gasteiger partial charge on any atom is -0.206 e. The SMILES string of the molecule is Clc1nnc(Cl)c(Sc2ccccc2)n1. The van der Waals surface area contributed by atoms with Gasteiger partial charge in [0.15, 0.2) is 5.15 Å². The summed E-state index contributed by atoms with van der Waals surface area (Å²) in [5.41, 5.74) is 0. The van der Waals surface area contributed by atoms with Crippen molar-refractivity contribution in [2.24, 2.45) is 0 Å². The van der Waals surface area contributed by atoms with E-state index in [2.05, 4.69) is 15.2 Å². The Labute approximate surface area is 101 Å². The lowest BCUT2D eigenvalue weighted by molar-refractivity contribution is 0.904. The molecule has 2 aromatic rings. The normalized spacial score (nSPS) is 10.3. The quantitative estimate of drug-likeness (QED) is 0.828. The summed E-state index contributed by atoms with van der Waals surface area (Å²) in [5.74, 6) is 0. The van der Waals surface area contributed by atoms with Crippen LogP contribution in [0.4, 0.5) is 0 Å². The first-order valence-corrected chi connectivity index (χ1v) is 5.61. The third-order valence-electron chi connectivity index (χ3n) is 1.55. The van der Waals surface area contributed by atoms with E-state index in [9.17, 15) is 0 Å². The van der Waals surface area contributed by atoms with Crippen molar-refractivity contribution in [2.75, 3.05) is 0 Å². The van der Waals surface area contributed by atoms with Gasteiger partial charge in [-0.2, -0.15) is 0 Å². The minimum absolute atomic E-state index is 0.0952. The molecule has 76 valence electrons. The van der Waals surface area contributed by atoms with E-state index in [-0.39, 0.29) is 10.4 Å². The lowest BCUT2D eigenvalue weighted by atomic mass is 10.4. The van der Waals surface area contributed by atoms with Crippen LogP contribution in [0.15, 0.2) is 40.3 Å². The molecule has 0 spiro atoms. The number of aromatic nitrogens is 3. The van der Waals surface area contributed by atoms with Crippen molar-refractivity contribution in [3.63, 3.8) is 0 Å². The summed E-state index contributed by atoms with van der Waals surface area (Å²) in [6, 6.07) is 9.73. The molecule has 0 aliphatic heterocycles. The van der Waals surface area contributed by atoms with E-state index in [0.717, 1.165) is 4.90 Å². The summed E-state index contributed by atoms with van der Waals surface area (Å²) in [6.45, 7) is 0.